The van der Waals surface area contributed by atoms with Crippen LogP contribution in [-0.4, -0.2) is 18.9 Å². The standard InChI is InChI=1S/C16H20O3/c1-4-14(15(12(2)17)16(18)19-3)11-10-13-8-6-5-7-9-13/h5-11,14-15H,4H2,1-3H3/b11-10+. The Labute approximate surface area is 114 Å². The van der Waals surface area contributed by atoms with Crippen molar-refractivity contribution in [2.24, 2.45) is 11.8 Å². The first-order chi connectivity index (χ1) is 9.10. The van der Waals surface area contributed by atoms with E-state index in [2.05, 4.69) is 0 Å². The first-order valence-corrected chi connectivity index (χ1v) is 6.41. The molecule has 1 aromatic carbocycles. The number of carbonyl (C=O) groups excluding carboxylic acids is 2. The largest absolute Gasteiger partial charge is 0.468 e. The molecule has 0 aliphatic heterocycles. The molecular weight excluding hydrogens is 240 g/mol. The molecule has 2 unspecified atom stereocenters. The second-order valence-corrected chi connectivity index (χ2v) is 4.45. The Morgan fingerprint density at radius 2 is 1.89 bits per heavy atom. The summed E-state index contributed by atoms with van der Waals surface area (Å²) in [6.45, 7) is 3.39. The van der Waals surface area contributed by atoms with Gasteiger partial charge in [-0.25, -0.2) is 0 Å². The van der Waals surface area contributed by atoms with Gasteiger partial charge < -0.3 is 4.74 Å². The van der Waals surface area contributed by atoms with E-state index in [4.69, 9.17) is 4.74 Å². The smallest absolute Gasteiger partial charge is 0.316 e. The van der Waals surface area contributed by atoms with Crippen molar-refractivity contribution in [3.8, 4) is 0 Å². The van der Waals surface area contributed by atoms with Crippen molar-refractivity contribution >= 4 is 17.8 Å². The molecule has 0 fully saturated rings. The summed E-state index contributed by atoms with van der Waals surface area (Å²) >= 11 is 0. The average molecular weight is 260 g/mol. The Hall–Kier alpha value is -1.90. The maximum Gasteiger partial charge on any atom is 0.316 e. The summed E-state index contributed by atoms with van der Waals surface area (Å²) in [5.41, 5.74) is 1.05. The lowest BCUT2D eigenvalue weighted by Crippen LogP contribution is -2.29. The number of ether oxygens (including phenoxy) is 1. The molecule has 0 aliphatic carbocycles. The van der Waals surface area contributed by atoms with E-state index in [-0.39, 0.29) is 11.7 Å². The van der Waals surface area contributed by atoms with Crippen LogP contribution in [0.4, 0.5) is 0 Å². The third-order valence-corrected chi connectivity index (χ3v) is 3.13. The van der Waals surface area contributed by atoms with Crippen molar-refractivity contribution in [1.82, 2.24) is 0 Å². The van der Waals surface area contributed by atoms with E-state index in [1.807, 2.05) is 49.4 Å². The van der Waals surface area contributed by atoms with Gasteiger partial charge in [0.05, 0.1) is 7.11 Å². The highest BCUT2D eigenvalue weighted by Crippen LogP contribution is 2.21. The van der Waals surface area contributed by atoms with E-state index in [1.54, 1.807) is 0 Å². The van der Waals surface area contributed by atoms with Crippen LogP contribution in [0.15, 0.2) is 36.4 Å². The summed E-state index contributed by atoms with van der Waals surface area (Å²) in [4.78, 5) is 23.3. The minimum absolute atomic E-state index is 0.134. The van der Waals surface area contributed by atoms with Crippen LogP contribution in [0.1, 0.15) is 25.8 Å². The third kappa shape index (κ3) is 4.36. The highest BCUT2D eigenvalue weighted by Gasteiger charge is 2.30. The minimum atomic E-state index is -0.713. The van der Waals surface area contributed by atoms with Crippen molar-refractivity contribution in [3.05, 3.63) is 42.0 Å². The number of benzene rings is 1. The van der Waals surface area contributed by atoms with Crippen molar-refractivity contribution in [1.29, 1.82) is 0 Å². The highest BCUT2D eigenvalue weighted by atomic mass is 16.5. The van der Waals surface area contributed by atoms with Crippen LogP contribution in [0.5, 0.6) is 0 Å². The Morgan fingerprint density at radius 1 is 1.26 bits per heavy atom. The topological polar surface area (TPSA) is 43.4 Å². The number of methoxy groups -OCH3 is 1. The first kappa shape index (κ1) is 15.2. The monoisotopic (exact) mass is 260 g/mol. The average Bonchev–Trinajstić information content (AvgIpc) is 2.43. The predicted octanol–water partition coefficient (Wildman–Crippen LogP) is 3.10. The normalized spacial score (nSPS) is 14.1. The van der Waals surface area contributed by atoms with Crippen molar-refractivity contribution in [2.45, 2.75) is 20.3 Å². The molecule has 102 valence electrons. The molecule has 0 saturated heterocycles. The lowest BCUT2D eigenvalue weighted by atomic mass is 9.86. The molecular formula is C16H20O3. The Kier molecular flexibility index (Phi) is 6.00. The van der Waals surface area contributed by atoms with Gasteiger partial charge in [0, 0.05) is 0 Å². The Balaban J connectivity index is 2.89. The van der Waals surface area contributed by atoms with Crippen molar-refractivity contribution in [3.63, 3.8) is 0 Å². The van der Waals surface area contributed by atoms with Gasteiger partial charge in [-0.1, -0.05) is 49.4 Å². The van der Waals surface area contributed by atoms with Gasteiger partial charge in [-0.15, -0.1) is 0 Å². The van der Waals surface area contributed by atoms with Gasteiger partial charge in [-0.2, -0.15) is 0 Å². The quantitative estimate of drug-likeness (QED) is 0.583. The van der Waals surface area contributed by atoms with Crippen LogP contribution in [0, 0.1) is 11.8 Å². The number of rotatable bonds is 6. The summed E-state index contributed by atoms with van der Waals surface area (Å²) in [6.07, 6.45) is 4.56. The van der Waals surface area contributed by atoms with E-state index in [9.17, 15) is 9.59 Å². The molecule has 1 rings (SSSR count). The molecule has 0 saturated carbocycles. The van der Waals surface area contributed by atoms with Crippen LogP contribution in [-0.2, 0) is 14.3 Å². The second kappa shape index (κ2) is 7.52. The highest BCUT2D eigenvalue weighted by molar-refractivity contribution is 5.98. The molecule has 1 aromatic rings. The number of ketones is 1. The maximum absolute atomic E-state index is 11.7. The van der Waals surface area contributed by atoms with Crippen LogP contribution in [0.25, 0.3) is 6.08 Å². The lowest BCUT2D eigenvalue weighted by molar-refractivity contribution is -0.150. The molecule has 3 heteroatoms. The number of esters is 1. The van der Waals surface area contributed by atoms with Crippen LogP contribution in [0.3, 0.4) is 0 Å². The molecule has 0 radical (unpaired) electrons. The second-order valence-electron chi connectivity index (χ2n) is 4.45. The maximum atomic E-state index is 11.7. The fourth-order valence-corrected chi connectivity index (χ4v) is 2.05. The molecule has 19 heavy (non-hydrogen) atoms. The van der Waals surface area contributed by atoms with Gasteiger partial charge in [0.2, 0.25) is 0 Å². The van der Waals surface area contributed by atoms with Gasteiger partial charge in [0.25, 0.3) is 0 Å². The van der Waals surface area contributed by atoms with E-state index in [1.165, 1.54) is 14.0 Å². The van der Waals surface area contributed by atoms with Gasteiger partial charge in [-0.05, 0) is 24.8 Å². The minimum Gasteiger partial charge on any atom is -0.468 e. The molecule has 0 aromatic heterocycles. The summed E-state index contributed by atoms with van der Waals surface area (Å²) < 4.78 is 4.71. The van der Waals surface area contributed by atoms with E-state index < -0.39 is 11.9 Å². The predicted molar refractivity (Wildman–Crippen MR) is 75.4 cm³/mol. The fraction of sp³-hybridized carbons (Fsp3) is 0.375. The zero-order valence-electron chi connectivity index (χ0n) is 11.6. The number of allylic oxidation sites excluding steroid dienone is 1. The van der Waals surface area contributed by atoms with E-state index in [0.717, 1.165) is 5.56 Å². The van der Waals surface area contributed by atoms with Crippen molar-refractivity contribution < 1.29 is 14.3 Å². The summed E-state index contributed by atoms with van der Waals surface area (Å²) in [5.74, 6) is -1.46. The van der Waals surface area contributed by atoms with Crippen LogP contribution < -0.4 is 0 Å². The lowest BCUT2D eigenvalue weighted by Gasteiger charge is -2.18. The molecule has 2 atom stereocenters. The van der Waals surface area contributed by atoms with Gasteiger partial charge in [0.15, 0.2) is 0 Å². The fourth-order valence-electron chi connectivity index (χ4n) is 2.05. The summed E-state index contributed by atoms with van der Waals surface area (Å²) in [5, 5.41) is 0. The number of hydrogen-bond donors (Lipinski definition) is 0. The molecule has 0 aliphatic rings. The zero-order chi connectivity index (χ0) is 14.3. The number of Topliss-reactive ketones (excluding diaryl/α,β-unsaturated/α-hetero) is 1. The SMILES string of the molecule is CCC(/C=C/c1ccccc1)C(C(C)=O)C(=O)OC. The number of hydrogen-bond acceptors (Lipinski definition) is 3. The number of carbonyl (C=O) groups is 2. The zero-order valence-corrected chi connectivity index (χ0v) is 11.6. The first-order valence-electron chi connectivity index (χ1n) is 6.41. The molecule has 0 amide bonds. The van der Waals surface area contributed by atoms with Crippen LogP contribution in [0.2, 0.25) is 0 Å². The molecule has 0 heterocycles. The van der Waals surface area contributed by atoms with Gasteiger partial charge in [-0.3, -0.25) is 9.59 Å². The molecule has 3 nitrogen and oxygen atoms in total. The summed E-state index contributed by atoms with van der Waals surface area (Å²) in [7, 11) is 1.31. The van der Waals surface area contributed by atoms with Gasteiger partial charge >= 0.3 is 5.97 Å². The van der Waals surface area contributed by atoms with Gasteiger partial charge in [0.1, 0.15) is 11.7 Å². The molecule has 0 spiro atoms. The molecule has 0 bridgehead atoms. The van der Waals surface area contributed by atoms with Crippen LogP contribution >= 0.6 is 0 Å². The van der Waals surface area contributed by atoms with E-state index in [0.29, 0.717) is 6.42 Å². The summed E-state index contributed by atoms with van der Waals surface area (Å²) in [6, 6.07) is 9.79. The molecule has 0 N–H and O–H groups in total. The van der Waals surface area contributed by atoms with E-state index >= 15 is 0 Å². The Bertz CT molecular complexity index is 448. The van der Waals surface area contributed by atoms with Crippen molar-refractivity contribution in [2.75, 3.05) is 7.11 Å². The Morgan fingerprint density at radius 3 is 2.37 bits per heavy atom. The third-order valence-electron chi connectivity index (χ3n) is 3.13.